The van der Waals surface area contributed by atoms with Crippen LogP contribution in [0.4, 0.5) is 17.6 Å². The highest BCUT2D eigenvalue weighted by atomic mass is 19.4. The molecule has 1 saturated heterocycles. The molecule has 0 bridgehead atoms. The fraction of sp³-hybridized carbons (Fsp3) is 0.429. The topological polar surface area (TPSA) is 58.2 Å². The Labute approximate surface area is 123 Å². The van der Waals surface area contributed by atoms with E-state index in [1.165, 1.54) is 18.2 Å². The second kappa shape index (κ2) is 6.33. The number of hydrogen-bond donors (Lipinski definition) is 2. The van der Waals surface area contributed by atoms with Crippen LogP contribution >= 0.6 is 0 Å². The number of alkyl halides is 3. The van der Waals surface area contributed by atoms with Crippen molar-refractivity contribution in [2.45, 2.75) is 31.6 Å². The van der Waals surface area contributed by atoms with Gasteiger partial charge in [-0.25, -0.2) is 4.39 Å². The third kappa shape index (κ3) is 3.75. The summed E-state index contributed by atoms with van der Waals surface area (Å²) in [6.07, 6.45) is -5.07. The molecule has 0 unspecified atom stereocenters. The van der Waals surface area contributed by atoms with Crippen LogP contribution < -0.4 is 10.6 Å². The molecule has 1 aromatic rings. The lowest BCUT2D eigenvalue weighted by Gasteiger charge is -2.29. The average molecular weight is 318 g/mol. The number of nitrogens with one attached hydrogen (secondary N) is 2. The molecule has 120 valence electrons. The highest BCUT2D eigenvalue weighted by molar-refractivity contribution is 6.00. The van der Waals surface area contributed by atoms with E-state index in [1.807, 2.05) is 0 Å². The molecule has 2 amide bonds. The van der Waals surface area contributed by atoms with E-state index in [-0.39, 0.29) is 24.9 Å². The van der Waals surface area contributed by atoms with Gasteiger partial charge in [0.1, 0.15) is 17.8 Å². The molecule has 1 aliphatic heterocycles. The van der Waals surface area contributed by atoms with Gasteiger partial charge in [-0.15, -0.1) is 0 Å². The van der Waals surface area contributed by atoms with Gasteiger partial charge in [0, 0.05) is 12.1 Å². The van der Waals surface area contributed by atoms with E-state index in [2.05, 4.69) is 5.32 Å². The molecular weight excluding hydrogens is 304 g/mol. The van der Waals surface area contributed by atoms with E-state index in [1.54, 1.807) is 11.4 Å². The fourth-order valence-corrected chi connectivity index (χ4v) is 2.25. The van der Waals surface area contributed by atoms with Crippen molar-refractivity contribution in [2.24, 2.45) is 5.92 Å². The summed E-state index contributed by atoms with van der Waals surface area (Å²) in [7, 11) is 0. The minimum Gasteiger partial charge on any atom is -0.351 e. The molecule has 2 N–H and O–H groups in total. The minimum absolute atomic E-state index is 0.127. The van der Waals surface area contributed by atoms with Crippen molar-refractivity contribution >= 4 is 11.8 Å². The monoisotopic (exact) mass is 318 g/mol. The summed E-state index contributed by atoms with van der Waals surface area (Å²) in [6.45, 7) is -0.127. The maximum atomic E-state index is 13.4. The van der Waals surface area contributed by atoms with Gasteiger partial charge < -0.3 is 10.6 Å². The third-order valence-electron chi connectivity index (χ3n) is 3.50. The predicted molar refractivity (Wildman–Crippen MR) is 69.0 cm³/mol. The van der Waals surface area contributed by atoms with Crippen LogP contribution in [0.5, 0.6) is 0 Å². The molecule has 1 aromatic carbocycles. The maximum absolute atomic E-state index is 13.4. The van der Waals surface area contributed by atoms with Gasteiger partial charge in [0.2, 0.25) is 11.8 Å². The minimum atomic E-state index is -4.52. The summed E-state index contributed by atoms with van der Waals surface area (Å²) in [6, 6.07) is 3.85. The van der Waals surface area contributed by atoms with E-state index in [9.17, 15) is 27.2 Å². The van der Waals surface area contributed by atoms with Gasteiger partial charge in [0.25, 0.3) is 0 Å². The quantitative estimate of drug-likeness (QED) is 0.660. The highest BCUT2D eigenvalue weighted by Crippen LogP contribution is 2.28. The number of piperidine rings is 1. The molecule has 22 heavy (non-hydrogen) atoms. The fourth-order valence-electron chi connectivity index (χ4n) is 2.25. The first kappa shape index (κ1) is 16.3. The van der Waals surface area contributed by atoms with Crippen LogP contribution in [0.25, 0.3) is 0 Å². The van der Waals surface area contributed by atoms with Crippen molar-refractivity contribution in [2.75, 3.05) is 0 Å². The molecule has 2 atom stereocenters. The molecule has 0 radical (unpaired) electrons. The van der Waals surface area contributed by atoms with Gasteiger partial charge in [-0.05, 0) is 18.9 Å². The molecule has 0 aromatic heterocycles. The zero-order valence-electron chi connectivity index (χ0n) is 11.4. The lowest BCUT2D eigenvalue weighted by Crippen LogP contribution is -2.54. The normalized spacial score (nSPS) is 22.1. The Morgan fingerprint density at radius 1 is 1.27 bits per heavy atom. The Morgan fingerprint density at radius 3 is 2.55 bits per heavy atom. The van der Waals surface area contributed by atoms with Gasteiger partial charge in [0.05, 0.1) is 0 Å². The first-order valence-corrected chi connectivity index (χ1v) is 6.67. The van der Waals surface area contributed by atoms with Crippen LogP contribution in [0.3, 0.4) is 0 Å². The highest BCUT2D eigenvalue weighted by Gasteiger charge is 2.45. The van der Waals surface area contributed by atoms with Crippen molar-refractivity contribution in [1.82, 2.24) is 10.6 Å². The van der Waals surface area contributed by atoms with Crippen LogP contribution in [0.2, 0.25) is 0 Å². The summed E-state index contributed by atoms with van der Waals surface area (Å²) in [4.78, 5) is 23.5. The van der Waals surface area contributed by atoms with Gasteiger partial charge in [-0.1, -0.05) is 18.2 Å². The van der Waals surface area contributed by atoms with Crippen molar-refractivity contribution in [3.05, 3.63) is 35.6 Å². The van der Waals surface area contributed by atoms with Crippen molar-refractivity contribution < 1.29 is 27.2 Å². The number of amides is 2. The molecule has 0 saturated carbocycles. The molecular formula is C14H14F4N2O2. The number of rotatable bonds is 3. The summed E-state index contributed by atoms with van der Waals surface area (Å²) in [5, 5.41) is 4.17. The van der Waals surface area contributed by atoms with E-state index in [0.29, 0.717) is 0 Å². The molecule has 8 heteroatoms. The Morgan fingerprint density at radius 2 is 1.95 bits per heavy atom. The average Bonchev–Trinajstić information content (AvgIpc) is 2.45. The first-order valence-electron chi connectivity index (χ1n) is 6.67. The molecule has 4 nitrogen and oxygen atoms in total. The molecule has 1 heterocycles. The zero-order chi connectivity index (χ0) is 16.3. The van der Waals surface area contributed by atoms with Gasteiger partial charge in [-0.3, -0.25) is 9.59 Å². The summed E-state index contributed by atoms with van der Waals surface area (Å²) < 4.78 is 50.9. The lowest BCUT2D eigenvalue weighted by molar-refractivity contribution is -0.171. The predicted octanol–water partition coefficient (Wildman–Crippen LogP) is 1.90. The first-order chi connectivity index (χ1) is 10.3. The standard InChI is InChI=1S/C14H14F4N2O2/c15-10-4-2-1-3-8(10)7-19-12(21)9-5-6-11(14(16,17)18)20-13(9)22/h1-4,9,11H,5-7H2,(H,19,21)(H,20,22)/t9-,11+/m1/s1. The number of hydrogen-bond acceptors (Lipinski definition) is 2. The van der Waals surface area contributed by atoms with Crippen LogP contribution in [-0.4, -0.2) is 24.0 Å². The van der Waals surface area contributed by atoms with Gasteiger partial charge in [-0.2, -0.15) is 13.2 Å². The third-order valence-corrected chi connectivity index (χ3v) is 3.50. The Balaban J connectivity index is 1.91. The van der Waals surface area contributed by atoms with E-state index < -0.39 is 35.8 Å². The Bertz CT molecular complexity index is 574. The second-order valence-electron chi connectivity index (χ2n) is 5.04. The van der Waals surface area contributed by atoms with Crippen LogP contribution in [0.1, 0.15) is 18.4 Å². The number of halogens is 4. The van der Waals surface area contributed by atoms with Crippen molar-refractivity contribution in [3.63, 3.8) is 0 Å². The van der Waals surface area contributed by atoms with Crippen LogP contribution in [0, 0.1) is 11.7 Å². The molecule has 0 aliphatic carbocycles. The van der Waals surface area contributed by atoms with Gasteiger partial charge >= 0.3 is 6.18 Å². The summed E-state index contributed by atoms with van der Waals surface area (Å²) >= 11 is 0. The summed E-state index contributed by atoms with van der Waals surface area (Å²) in [5.41, 5.74) is 0.236. The smallest absolute Gasteiger partial charge is 0.351 e. The van der Waals surface area contributed by atoms with E-state index in [4.69, 9.17) is 0 Å². The zero-order valence-corrected chi connectivity index (χ0v) is 11.4. The van der Waals surface area contributed by atoms with Crippen LogP contribution in [-0.2, 0) is 16.1 Å². The Kier molecular flexibility index (Phi) is 4.68. The largest absolute Gasteiger partial charge is 0.408 e. The number of carbonyl (C=O) groups excluding carboxylic acids is 2. The Hall–Kier alpha value is -2.12. The van der Waals surface area contributed by atoms with E-state index >= 15 is 0 Å². The van der Waals surface area contributed by atoms with Crippen molar-refractivity contribution in [3.8, 4) is 0 Å². The van der Waals surface area contributed by atoms with Gasteiger partial charge in [0.15, 0.2) is 0 Å². The SMILES string of the molecule is O=C(NCc1ccccc1F)[C@H]1CC[C@@H](C(F)(F)F)NC1=O. The molecule has 2 rings (SSSR count). The molecule has 1 fully saturated rings. The number of benzene rings is 1. The lowest BCUT2D eigenvalue weighted by atomic mass is 9.93. The maximum Gasteiger partial charge on any atom is 0.408 e. The summed E-state index contributed by atoms with van der Waals surface area (Å²) in [5.74, 6) is -3.36. The van der Waals surface area contributed by atoms with Crippen molar-refractivity contribution in [1.29, 1.82) is 0 Å². The second-order valence-corrected chi connectivity index (χ2v) is 5.04. The molecule has 1 aliphatic rings. The molecule has 0 spiro atoms. The van der Waals surface area contributed by atoms with Crippen LogP contribution in [0.15, 0.2) is 24.3 Å². The van der Waals surface area contributed by atoms with E-state index in [0.717, 1.165) is 0 Å². The number of carbonyl (C=O) groups is 2.